The van der Waals surface area contributed by atoms with Crippen molar-refractivity contribution < 1.29 is 13.2 Å². The second-order valence-electron chi connectivity index (χ2n) is 9.04. The maximum atomic E-state index is 13.0. The Morgan fingerprint density at radius 3 is 2.51 bits per heavy atom. The van der Waals surface area contributed by atoms with Crippen LogP contribution in [0.15, 0.2) is 52.2 Å². The molecule has 0 unspecified atom stereocenters. The van der Waals surface area contributed by atoms with Crippen molar-refractivity contribution in [2.24, 2.45) is 0 Å². The lowest BCUT2D eigenvalue weighted by Crippen LogP contribution is -2.43. The van der Waals surface area contributed by atoms with Crippen molar-refractivity contribution >= 4 is 15.7 Å². The number of aryl methyl sites for hydroxylation is 1. The second kappa shape index (κ2) is 9.65. The summed E-state index contributed by atoms with van der Waals surface area (Å²) in [5.74, 6) is -0.177. The van der Waals surface area contributed by atoms with Crippen molar-refractivity contribution in [2.75, 3.05) is 18.6 Å². The summed E-state index contributed by atoms with van der Waals surface area (Å²) in [5.41, 5.74) is 2.17. The third-order valence-corrected chi connectivity index (χ3v) is 8.23. The Morgan fingerprint density at radius 2 is 1.86 bits per heavy atom. The van der Waals surface area contributed by atoms with Crippen LogP contribution < -0.4 is 11.2 Å². The fraction of sp³-hybridized carbons (Fsp3) is 0.417. The molecule has 0 bridgehead atoms. The van der Waals surface area contributed by atoms with Gasteiger partial charge in [0.05, 0.1) is 29.8 Å². The van der Waals surface area contributed by atoms with E-state index in [1.807, 2.05) is 44.2 Å². The molecule has 35 heavy (non-hydrogen) atoms. The molecule has 1 amide bonds. The van der Waals surface area contributed by atoms with Crippen LogP contribution >= 0.6 is 0 Å². The zero-order valence-corrected chi connectivity index (χ0v) is 20.9. The van der Waals surface area contributed by atoms with E-state index in [9.17, 15) is 22.8 Å². The highest BCUT2D eigenvalue weighted by Crippen LogP contribution is 2.27. The molecular formula is C24H29N5O5S. The summed E-state index contributed by atoms with van der Waals surface area (Å²) >= 11 is 0. The Kier molecular flexibility index (Phi) is 6.79. The molecule has 0 radical (unpaired) electrons. The van der Waals surface area contributed by atoms with Crippen molar-refractivity contribution in [1.29, 1.82) is 0 Å². The molecule has 1 fully saturated rings. The minimum Gasteiger partial charge on any atom is -0.340 e. The molecule has 11 heteroatoms. The first-order chi connectivity index (χ1) is 16.6. The average molecular weight is 500 g/mol. The molecule has 1 aliphatic rings. The molecule has 10 nitrogen and oxygen atoms in total. The molecule has 1 aromatic carbocycles. The first-order valence-electron chi connectivity index (χ1n) is 11.4. The Bertz CT molecular complexity index is 1470. The highest BCUT2D eigenvalue weighted by atomic mass is 32.2. The van der Waals surface area contributed by atoms with Crippen LogP contribution in [0.3, 0.4) is 0 Å². The smallest absolute Gasteiger partial charge is 0.331 e. The molecule has 186 valence electrons. The predicted molar refractivity (Wildman–Crippen MR) is 131 cm³/mol. The van der Waals surface area contributed by atoms with Gasteiger partial charge in [0, 0.05) is 37.1 Å². The third-order valence-electron chi connectivity index (χ3n) is 6.48. The van der Waals surface area contributed by atoms with E-state index in [2.05, 4.69) is 5.10 Å². The van der Waals surface area contributed by atoms with Crippen molar-refractivity contribution in [2.45, 2.75) is 45.9 Å². The van der Waals surface area contributed by atoms with Crippen molar-refractivity contribution in [1.82, 2.24) is 23.8 Å². The highest BCUT2D eigenvalue weighted by Gasteiger charge is 2.31. The van der Waals surface area contributed by atoms with E-state index in [0.29, 0.717) is 18.7 Å². The monoisotopic (exact) mass is 499 g/mol. The number of amides is 1. The summed E-state index contributed by atoms with van der Waals surface area (Å²) in [6.07, 6.45) is 1.96. The van der Waals surface area contributed by atoms with Crippen LogP contribution in [0, 0.1) is 13.8 Å². The van der Waals surface area contributed by atoms with Gasteiger partial charge in [-0.15, -0.1) is 0 Å². The average Bonchev–Trinajstić information content (AvgIpc) is 3.32. The predicted octanol–water partition coefficient (Wildman–Crippen LogP) is 0.890. The van der Waals surface area contributed by atoms with E-state index in [1.165, 1.54) is 21.7 Å². The third kappa shape index (κ3) is 5.29. The number of benzene rings is 1. The van der Waals surface area contributed by atoms with Gasteiger partial charge in [-0.3, -0.25) is 23.4 Å². The molecule has 3 heterocycles. The lowest BCUT2D eigenvalue weighted by atomic mass is 10.1. The van der Waals surface area contributed by atoms with Crippen molar-refractivity contribution in [3.05, 3.63) is 85.9 Å². The van der Waals surface area contributed by atoms with Gasteiger partial charge in [0.15, 0.2) is 9.84 Å². The Balaban J connectivity index is 1.50. The number of sulfone groups is 1. The van der Waals surface area contributed by atoms with Gasteiger partial charge in [-0.2, -0.15) is 5.10 Å². The minimum absolute atomic E-state index is 0.0648. The molecule has 3 aromatic rings. The van der Waals surface area contributed by atoms with Crippen LogP contribution in [0.1, 0.15) is 35.0 Å². The minimum atomic E-state index is -3.06. The first-order valence-corrected chi connectivity index (χ1v) is 13.2. The van der Waals surface area contributed by atoms with Crippen LogP contribution in [-0.4, -0.2) is 56.7 Å². The second-order valence-corrected chi connectivity index (χ2v) is 11.3. The van der Waals surface area contributed by atoms with Crippen LogP contribution in [0.25, 0.3) is 0 Å². The maximum absolute atomic E-state index is 13.0. The Morgan fingerprint density at radius 1 is 1.14 bits per heavy atom. The molecule has 1 aliphatic heterocycles. The molecule has 1 atom stereocenters. The Labute approximate surface area is 203 Å². The van der Waals surface area contributed by atoms with E-state index in [1.54, 1.807) is 11.7 Å². The van der Waals surface area contributed by atoms with Gasteiger partial charge in [0.25, 0.3) is 5.56 Å². The number of hydrogen-bond acceptors (Lipinski definition) is 6. The Hall–Kier alpha value is -3.47. The van der Waals surface area contributed by atoms with Gasteiger partial charge in [-0.1, -0.05) is 30.3 Å². The number of rotatable bonds is 7. The summed E-state index contributed by atoms with van der Waals surface area (Å²) < 4.78 is 27.9. The summed E-state index contributed by atoms with van der Waals surface area (Å²) in [6, 6.07) is 10.5. The van der Waals surface area contributed by atoms with Crippen LogP contribution in [-0.2, 0) is 34.3 Å². The quantitative estimate of drug-likeness (QED) is 0.477. The lowest BCUT2D eigenvalue weighted by molar-refractivity contribution is -0.131. The fourth-order valence-electron chi connectivity index (χ4n) is 4.43. The number of nitrogens with zero attached hydrogens (tertiary/aromatic N) is 5. The summed E-state index contributed by atoms with van der Waals surface area (Å²) in [6.45, 7) is 3.83. The number of carbonyl (C=O) groups is 1. The van der Waals surface area contributed by atoms with Crippen LogP contribution in [0.4, 0.5) is 0 Å². The van der Waals surface area contributed by atoms with Crippen molar-refractivity contribution in [3.63, 3.8) is 0 Å². The molecule has 0 saturated carbocycles. The van der Waals surface area contributed by atoms with Gasteiger partial charge in [0.2, 0.25) is 5.91 Å². The van der Waals surface area contributed by atoms with Gasteiger partial charge in [0.1, 0.15) is 6.54 Å². The molecule has 0 spiro atoms. The molecule has 1 saturated heterocycles. The normalized spacial score (nSPS) is 16.9. The zero-order valence-electron chi connectivity index (χ0n) is 20.0. The van der Waals surface area contributed by atoms with E-state index in [0.717, 1.165) is 21.4 Å². The topological polar surface area (TPSA) is 116 Å². The highest BCUT2D eigenvalue weighted by molar-refractivity contribution is 7.91. The van der Waals surface area contributed by atoms with E-state index < -0.39 is 27.0 Å². The molecule has 0 aliphatic carbocycles. The first kappa shape index (κ1) is 24.6. The zero-order chi connectivity index (χ0) is 25.3. The molecule has 2 aromatic heterocycles. The van der Waals surface area contributed by atoms with E-state index in [4.69, 9.17) is 0 Å². The van der Waals surface area contributed by atoms with E-state index >= 15 is 0 Å². The summed E-state index contributed by atoms with van der Waals surface area (Å²) in [7, 11) is -1.45. The standard InChI is InChI=1S/C24H29N5O5S/c1-17-21(18(2)29(25-17)20-10-12-35(33,34)16-20)14-26(3)23(31)15-28-22(30)9-11-27(24(28)32)13-19-7-5-4-6-8-19/h4-9,11,20H,10,12-16H2,1-3H3/t20-/m1/s1. The number of hydrogen-bond donors (Lipinski definition) is 0. The summed E-state index contributed by atoms with van der Waals surface area (Å²) in [5, 5.41) is 4.54. The molecule has 0 N–H and O–H groups in total. The van der Waals surface area contributed by atoms with Crippen molar-refractivity contribution in [3.8, 4) is 0 Å². The van der Waals surface area contributed by atoms with Gasteiger partial charge in [-0.05, 0) is 25.8 Å². The lowest BCUT2D eigenvalue weighted by Gasteiger charge is -2.19. The molecule has 4 rings (SSSR count). The fourth-order valence-corrected chi connectivity index (χ4v) is 6.13. The number of aromatic nitrogens is 4. The van der Waals surface area contributed by atoms with Crippen LogP contribution in [0.5, 0.6) is 0 Å². The van der Waals surface area contributed by atoms with Gasteiger partial charge < -0.3 is 4.90 Å². The molecular weight excluding hydrogens is 470 g/mol. The van der Waals surface area contributed by atoms with Crippen LogP contribution in [0.2, 0.25) is 0 Å². The largest absolute Gasteiger partial charge is 0.340 e. The van der Waals surface area contributed by atoms with Gasteiger partial charge >= 0.3 is 5.69 Å². The number of carbonyl (C=O) groups excluding carboxylic acids is 1. The summed E-state index contributed by atoms with van der Waals surface area (Å²) in [4.78, 5) is 39.7. The van der Waals surface area contributed by atoms with Gasteiger partial charge in [-0.25, -0.2) is 13.2 Å². The van der Waals surface area contributed by atoms with E-state index in [-0.39, 0.29) is 30.6 Å². The maximum Gasteiger partial charge on any atom is 0.331 e. The SMILES string of the molecule is Cc1nn([C@@H]2CCS(=O)(=O)C2)c(C)c1CN(C)C(=O)Cn1c(=O)ccn(Cc2ccccc2)c1=O. The number of likely N-dealkylation sites (N-methyl/N-ethyl adjacent to an activating group) is 1.